The van der Waals surface area contributed by atoms with Crippen molar-refractivity contribution < 1.29 is 0 Å². The van der Waals surface area contributed by atoms with Gasteiger partial charge in [0.2, 0.25) is 0 Å². The molecule has 4 aromatic carbocycles. The molecule has 1 nitrogen and oxygen atoms in total. The van der Waals surface area contributed by atoms with Gasteiger partial charge in [-0.05, 0) is 71.1 Å². The highest BCUT2D eigenvalue weighted by atomic mass is 35.5. The van der Waals surface area contributed by atoms with E-state index in [0.717, 1.165) is 22.1 Å². The largest absolute Gasteiger partial charge is 0.310 e. The molecule has 0 saturated heterocycles. The summed E-state index contributed by atoms with van der Waals surface area (Å²) in [5.74, 6) is 0. The Bertz CT molecular complexity index is 1340. The first kappa shape index (κ1) is 19.6. The fourth-order valence-corrected chi connectivity index (χ4v) is 4.82. The number of benzene rings is 4. The Morgan fingerprint density at radius 2 is 1.29 bits per heavy atom. The molecule has 1 heterocycles. The van der Waals surface area contributed by atoms with Gasteiger partial charge in [-0.25, -0.2) is 0 Å². The summed E-state index contributed by atoms with van der Waals surface area (Å²) in [5, 5.41) is 1.96. The smallest absolute Gasteiger partial charge is 0.0476 e. The quantitative estimate of drug-likeness (QED) is 0.264. The highest BCUT2D eigenvalue weighted by Gasteiger charge is 2.14. The van der Waals surface area contributed by atoms with Crippen molar-refractivity contribution in [3.05, 3.63) is 120 Å². The molecule has 150 valence electrons. The zero-order chi connectivity index (χ0) is 21.2. The predicted molar refractivity (Wildman–Crippen MR) is 137 cm³/mol. The lowest BCUT2D eigenvalue weighted by Gasteiger charge is -2.26. The van der Waals surface area contributed by atoms with Crippen molar-refractivity contribution in [3.8, 4) is 11.1 Å². The van der Waals surface area contributed by atoms with Crippen molar-refractivity contribution in [1.82, 2.24) is 0 Å². The van der Waals surface area contributed by atoms with Crippen LogP contribution < -0.4 is 4.90 Å². The van der Waals surface area contributed by atoms with Gasteiger partial charge in [0.1, 0.15) is 0 Å². The Morgan fingerprint density at radius 3 is 1.97 bits per heavy atom. The van der Waals surface area contributed by atoms with Crippen molar-refractivity contribution in [2.45, 2.75) is 0 Å². The molecular weight excluding hydrogens is 418 g/mol. The van der Waals surface area contributed by atoms with E-state index >= 15 is 0 Å². The highest BCUT2D eigenvalue weighted by Crippen LogP contribution is 2.39. The third-order valence-electron chi connectivity index (χ3n) is 5.30. The second-order valence-corrected chi connectivity index (χ2v) is 8.85. The summed E-state index contributed by atoms with van der Waals surface area (Å²) in [6.07, 6.45) is 1.91. The first-order valence-electron chi connectivity index (χ1n) is 10.1. The molecule has 0 fully saturated rings. The Kier molecular flexibility index (Phi) is 5.33. The average molecular weight is 438 g/mol. The summed E-state index contributed by atoms with van der Waals surface area (Å²) < 4.78 is 1.24. The molecule has 31 heavy (non-hydrogen) atoms. The van der Waals surface area contributed by atoms with E-state index < -0.39 is 0 Å². The standard InChI is InChI=1S/C28H20ClNS/c1-2-27-18-22-10-15-26(19-28(22)31-27)30(25-16-11-23(29)12-17-25)24-13-8-21(9-14-24)20-6-4-3-5-7-20/h2-19H,1H2. The number of anilines is 3. The molecule has 0 N–H and O–H groups in total. The summed E-state index contributed by atoms with van der Waals surface area (Å²) in [4.78, 5) is 3.44. The van der Waals surface area contributed by atoms with E-state index in [1.54, 1.807) is 11.3 Å². The number of nitrogens with zero attached hydrogens (tertiary/aromatic N) is 1. The molecule has 0 saturated carbocycles. The summed E-state index contributed by atoms with van der Waals surface area (Å²) in [6, 6.07) is 35.9. The fourth-order valence-electron chi connectivity index (χ4n) is 3.75. The number of thiophene rings is 1. The van der Waals surface area contributed by atoms with Crippen LogP contribution in [0.15, 0.2) is 110 Å². The first-order chi connectivity index (χ1) is 15.2. The van der Waals surface area contributed by atoms with Gasteiger partial charge in [0, 0.05) is 31.7 Å². The van der Waals surface area contributed by atoms with E-state index in [9.17, 15) is 0 Å². The van der Waals surface area contributed by atoms with E-state index in [2.05, 4.69) is 96.4 Å². The Morgan fingerprint density at radius 1 is 0.677 bits per heavy atom. The Labute approximate surface area is 191 Å². The maximum atomic E-state index is 6.17. The highest BCUT2D eigenvalue weighted by molar-refractivity contribution is 7.19. The molecule has 0 aliphatic heterocycles. The molecule has 0 spiro atoms. The first-order valence-corrected chi connectivity index (χ1v) is 11.3. The summed E-state index contributed by atoms with van der Waals surface area (Å²) in [6.45, 7) is 3.91. The molecule has 3 heteroatoms. The second kappa shape index (κ2) is 8.43. The molecule has 5 aromatic rings. The van der Waals surface area contributed by atoms with Gasteiger partial charge >= 0.3 is 0 Å². The molecular formula is C28H20ClNS. The second-order valence-electron chi connectivity index (χ2n) is 7.30. The van der Waals surface area contributed by atoms with Gasteiger partial charge in [-0.2, -0.15) is 0 Å². The van der Waals surface area contributed by atoms with E-state index in [1.165, 1.54) is 26.1 Å². The van der Waals surface area contributed by atoms with Crippen LogP contribution in [-0.4, -0.2) is 0 Å². The SMILES string of the molecule is C=Cc1cc2ccc(N(c3ccc(Cl)cc3)c3ccc(-c4ccccc4)cc3)cc2s1. The van der Waals surface area contributed by atoms with Crippen LogP contribution in [0.2, 0.25) is 5.02 Å². The minimum absolute atomic E-state index is 0.729. The van der Waals surface area contributed by atoms with Gasteiger partial charge in [-0.3, -0.25) is 0 Å². The predicted octanol–water partition coefficient (Wildman–Crippen LogP) is 9.33. The monoisotopic (exact) mass is 437 g/mol. The molecule has 0 radical (unpaired) electrons. The topological polar surface area (TPSA) is 3.24 Å². The van der Waals surface area contributed by atoms with E-state index in [4.69, 9.17) is 11.6 Å². The zero-order valence-electron chi connectivity index (χ0n) is 16.8. The molecule has 1 aromatic heterocycles. The number of halogens is 1. The van der Waals surface area contributed by atoms with Crippen molar-refractivity contribution in [2.24, 2.45) is 0 Å². The summed E-state index contributed by atoms with van der Waals surface area (Å²) >= 11 is 7.92. The van der Waals surface area contributed by atoms with E-state index in [-0.39, 0.29) is 0 Å². The van der Waals surface area contributed by atoms with Gasteiger partial charge in [0.15, 0.2) is 0 Å². The fraction of sp³-hybridized carbons (Fsp3) is 0. The number of fused-ring (bicyclic) bond motifs is 1. The molecule has 0 aliphatic carbocycles. The van der Waals surface area contributed by atoms with Crippen LogP contribution in [0, 0.1) is 0 Å². The van der Waals surface area contributed by atoms with Crippen molar-refractivity contribution in [3.63, 3.8) is 0 Å². The molecule has 0 amide bonds. The van der Waals surface area contributed by atoms with Gasteiger partial charge in [0.05, 0.1) is 0 Å². The van der Waals surface area contributed by atoms with Gasteiger partial charge in [-0.15, -0.1) is 11.3 Å². The van der Waals surface area contributed by atoms with Crippen molar-refractivity contribution in [2.75, 3.05) is 4.90 Å². The van der Waals surface area contributed by atoms with Gasteiger partial charge < -0.3 is 4.90 Å². The van der Waals surface area contributed by atoms with Crippen molar-refractivity contribution >= 4 is 56.2 Å². The lowest BCUT2D eigenvalue weighted by Crippen LogP contribution is -2.09. The van der Waals surface area contributed by atoms with Crippen LogP contribution in [0.5, 0.6) is 0 Å². The third-order valence-corrected chi connectivity index (χ3v) is 6.65. The van der Waals surface area contributed by atoms with Crippen LogP contribution in [0.3, 0.4) is 0 Å². The van der Waals surface area contributed by atoms with Crippen LogP contribution in [0.4, 0.5) is 17.1 Å². The summed E-state index contributed by atoms with van der Waals surface area (Å²) in [5.41, 5.74) is 5.69. The molecule has 0 unspecified atom stereocenters. The normalized spacial score (nSPS) is 10.9. The van der Waals surface area contributed by atoms with Crippen LogP contribution in [-0.2, 0) is 0 Å². The molecule has 0 aliphatic rings. The molecule has 0 atom stereocenters. The van der Waals surface area contributed by atoms with Crippen molar-refractivity contribution in [1.29, 1.82) is 0 Å². The number of rotatable bonds is 5. The lowest BCUT2D eigenvalue weighted by molar-refractivity contribution is 1.29. The van der Waals surface area contributed by atoms with Gasteiger partial charge in [-0.1, -0.05) is 72.8 Å². The Hall–Kier alpha value is -3.33. The average Bonchev–Trinajstić information content (AvgIpc) is 3.24. The molecule has 5 rings (SSSR count). The van der Waals surface area contributed by atoms with E-state index in [0.29, 0.717) is 0 Å². The minimum Gasteiger partial charge on any atom is -0.310 e. The van der Waals surface area contributed by atoms with E-state index in [1.807, 2.05) is 24.3 Å². The maximum Gasteiger partial charge on any atom is 0.0476 e. The van der Waals surface area contributed by atoms with Crippen LogP contribution >= 0.6 is 22.9 Å². The molecule has 0 bridgehead atoms. The minimum atomic E-state index is 0.729. The Balaban J connectivity index is 1.61. The summed E-state index contributed by atoms with van der Waals surface area (Å²) in [7, 11) is 0. The van der Waals surface area contributed by atoms with Gasteiger partial charge in [0.25, 0.3) is 0 Å². The zero-order valence-corrected chi connectivity index (χ0v) is 18.4. The number of hydrogen-bond donors (Lipinski definition) is 0. The van der Waals surface area contributed by atoms with Crippen LogP contribution in [0.25, 0.3) is 27.3 Å². The maximum absolute atomic E-state index is 6.17. The van der Waals surface area contributed by atoms with Crippen LogP contribution in [0.1, 0.15) is 4.88 Å². The third kappa shape index (κ3) is 4.00. The number of hydrogen-bond acceptors (Lipinski definition) is 2. The lowest BCUT2D eigenvalue weighted by atomic mass is 10.0.